The van der Waals surface area contributed by atoms with Crippen molar-refractivity contribution in [1.29, 1.82) is 0 Å². The Labute approximate surface area is 119 Å². The van der Waals surface area contributed by atoms with Crippen LogP contribution in [0.1, 0.15) is 24.1 Å². The van der Waals surface area contributed by atoms with Crippen molar-refractivity contribution in [2.45, 2.75) is 32.4 Å². The van der Waals surface area contributed by atoms with Gasteiger partial charge in [0.05, 0.1) is 5.69 Å². The summed E-state index contributed by atoms with van der Waals surface area (Å²) in [6, 6.07) is 13.1. The first kappa shape index (κ1) is 13.1. The molecule has 4 nitrogen and oxygen atoms in total. The zero-order valence-corrected chi connectivity index (χ0v) is 12.0. The highest BCUT2D eigenvalue weighted by atomic mass is 15.3. The van der Waals surface area contributed by atoms with Gasteiger partial charge in [-0.15, -0.1) is 5.10 Å². The Kier molecular flexibility index (Phi) is 3.65. The first-order chi connectivity index (χ1) is 9.74. The number of aromatic nitrogens is 2. The average molecular weight is 268 g/mol. The largest absolute Gasteiger partial charge is 0.328 e. The van der Waals surface area contributed by atoms with Crippen molar-refractivity contribution >= 4 is 11.5 Å². The third-order valence-corrected chi connectivity index (χ3v) is 3.68. The van der Waals surface area contributed by atoms with Crippen LogP contribution in [0.2, 0.25) is 0 Å². The van der Waals surface area contributed by atoms with Crippen molar-refractivity contribution < 1.29 is 0 Å². The Bertz CT molecular complexity index is 575. The van der Waals surface area contributed by atoms with Crippen molar-refractivity contribution in [1.82, 2.24) is 15.5 Å². The molecular weight excluding hydrogens is 248 g/mol. The lowest BCUT2D eigenvalue weighted by molar-refractivity contribution is 0.665. The van der Waals surface area contributed by atoms with Gasteiger partial charge in [0.2, 0.25) is 0 Å². The van der Waals surface area contributed by atoms with E-state index in [2.05, 4.69) is 39.5 Å². The summed E-state index contributed by atoms with van der Waals surface area (Å²) in [4.78, 5) is 2.07. The summed E-state index contributed by atoms with van der Waals surface area (Å²) in [5.41, 5.74) is 3.39. The van der Waals surface area contributed by atoms with Crippen molar-refractivity contribution in [3.05, 3.63) is 47.7 Å². The smallest absolute Gasteiger partial charge is 0.155 e. The second-order valence-electron chi connectivity index (χ2n) is 5.38. The van der Waals surface area contributed by atoms with Crippen LogP contribution >= 0.6 is 0 Å². The molecule has 1 N–H and O–H groups in total. The molecule has 1 heterocycles. The number of hydrogen-bond donors (Lipinski definition) is 1. The van der Waals surface area contributed by atoms with E-state index in [0.717, 1.165) is 23.7 Å². The summed E-state index contributed by atoms with van der Waals surface area (Å²) in [5, 5.41) is 12.1. The highest BCUT2D eigenvalue weighted by Gasteiger charge is 2.20. The first-order valence-electron chi connectivity index (χ1n) is 7.09. The van der Waals surface area contributed by atoms with Crippen LogP contribution in [0.4, 0.5) is 11.5 Å². The van der Waals surface area contributed by atoms with E-state index < -0.39 is 0 Å². The number of nitrogens with zero attached hydrogens (tertiary/aromatic N) is 3. The maximum Gasteiger partial charge on any atom is 0.155 e. The van der Waals surface area contributed by atoms with Crippen LogP contribution in [-0.2, 0) is 6.54 Å². The first-order valence-corrected chi connectivity index (χ1v) is 7.09. The molecule has 0 aliphatic heterocycles. The van der Waals surface area contributed by atoms with Crippen LogP contribution in [0.3, 0.4) is 0 Å². The standard InChI is InChI=1S/C16H20N4/c1-12-5-3-4-6-15(12)20(2)16-10-9-14(18-19-16)11-17-13-7-8-13/h3-6,9-10,13,17H,7-8,11H2,1-2H3. The van der Waals surface area contributed by atoms with Crippen LogP contribution in [0.5, 0.6) is 0 Å². The molecule has 1 aromatic heterocycles. The molecule has 4 heteroatoms. The molecule has 1 aromatic carbocycles. The van der Waals surface area contributed by atoms with E-state index in [4.69, 9.17) is 0 Å². The number of para-hydroxylation sites is 1. The van der Waals surface area contributed by atoms with E-state index in [-0.39, 0.29) is 0 Å². The fourth-order valence-electron chi connectivity index (χ4n) is 2.23. The van der Waals surface area contributed by atoms with Gasteiger partial charge in [-0.25, -0.2) is 0 Å². The van der Waals surface area contributed by atoms with Crippen LogP contribution in [0, 0.1) is 6.92 Å². The summed E-state index contributed by atoms with van der Waals surface area (Å²) in [7, 11) is 2.02. The predicted octanol–water partition coefficient (Wildman–Crippen LogP) is 2.80. The van der Waals surface area contributed by atoms with Crippen LogP contribution in [0.25, 0.3) is 0 Å². The second-order valence-corrected chi connectivity index (χ2v) is 5.38. The van der Waals surface area contributed by atoms with Crippen molar-refractivity contribution in [3.63, 3.8) is 0 Å². The number of rotatable bonds is 5. The third kappa shape index (κ3) is 2.96. The average Bonchev–Trinajstić information content (AvgIpc) is 3.30. The summed E-state index contributed by atoms with van der Waals surface area (Å²) in [6.07, 6.45) is 2.59. The van der Waals surface area contributed by atoms with Crippen LogP contribution in [0.15, 0.2) is 36.4 Å². The second kappa shape index (κ2) is 5.59. The quantitative estimate of drug-likeness (QED) is 0.905. The molecule has 104 valence electrons. The summed E-state index contributed by atoms with van der Waals surface area (Å²) in [5.74, 6) is 0.870. The number of nitrogens with one attached hydrogen (secondary N) is 1. The maximum atomic E-state index is 4.33. The Balaban J connectivity index is 1.71. The van der Waals surface area contributed by atoms with Gasteiger partial charge >= 0.3 is 0 Å². The normalized spacial score (nSPS) is 14.3. The molecule has 0 unspecified atom stereocenters. The van der Waals surface area contributed by atoms with Gasteiger partial charge in [-0.05, 0) is 43.5 Å². The molecule has 0 saturated heterocycles. The summed E-state index contributed by atoms with van der Waals surface area (Å²) in [6.45, 7) is 2.92. The van der Waals surface area contributed by atoms with Crippen molar-refractivity contribution in [2.24, 2.45) is 0 Å². The van der Waals surface area contributed by atoms with E-state index in [1.54, 1.807) is 0 Å². The van der Waals surface area contributed by atoms with E-state index in [1.165, 1.54) is 18.4 Å². The number of hydrogen-bond acceptors (Lipinski definition) is 4. The Morgan fingerprint density at radius 2 is 1.95 bits per heavy atom. The molecule has 3 rings (SSSR count). The number of aryl methyl sites for hydroxylation is 1. The molecule has 1 fully saturated rings. The predicted molar refractivity (Wildman–Crippen MR) is 81.1 cm³/mol. The molecule has 0 atom stereocenters. The van der Waals surface area contributed by atoms with Crippen LogP contribution in [-0.4, -0.2) is 23.3 Å². The maximum absolute atomic E-state index is 4.33. The van der Waals surface area contributed by atoms with Crippen molar-refractivity contribution in [2.75, 3.05) is 11.9 Å². The zero-order valence-electron chi connectivity index (χ0n) is 12.0. The summed E-state index contributed by atoms with van der Waals surface area (Å²) >= 11 is 0. The lowest BCUT2D eigenvalue weighted by Gasteiger charge is -2.19. The van der Waals surface area contributed by atoms with Gasteiger partial charge in [0, 0.05) is 25.3 Å². The highest BCUT2D eigenvalue weighted by Crippen LogP contribution is 2.24. The molecule has 0 radical (unpaired) electrons. The lowest BCUT2D eigenvalue weighted by Crippen LogP contribution is -2.18. The fourth-order valence-corrected chi connectivity index (χ4v) is 2.23. The minimum absolute atomic E-state index is 0.700. The van der Waals surface area contributed by atoms with E-state index in [1.807, 2.05) is 31.3 Å². The Morgan fingerprint density at radius 1 is 1.15 bits per heavy atom. The van der Waals surface area contributed by atoms with Gasteiger partial charge in [0.25, 0.3) is 0 Å². The van der Waals surface area contributed by atoms with E-state index in [0.29, 0.717) is 6.04 Å². The number of anilines is 2. The van der Waals surface area contributed by atoms with E-state index >= 15 is 0 Å². The Hall–Kier alpha value is -1.94. The molecule has 1 saturated carbocycles. The van der Waals surface area contributed by atoms with E-state index in [9.17, 15) is 0 Å². The molecule has 2 aromatic rings. The van der Waals surface area contributed by atoms with Gasteiger partial charge in [0.1, 0.15) is 0 Å². The number of benzene rings is 1. The van der Waals surface area contributed by atoms with Crippen LogP contribution < -0.4 is 10.2 Å². The molecule has 1 aliphatic carbocycles. The molecular formula is C16H20N4. The third-order valence-electron chi connectivity index (χ3n) is 3.68. The SMILES string of the molecule is Cc1ccccc1N(C)c1ccc(CNC2CC2)nn1. The van der Waals surface area contributed by atoms with Gasteiger partial charge in [-0.1, -0.05) is 18.2 Å². The summed E-state index contributed by atoms with van der Waals surface area (Å²) < 4.78 is 0. The van der Waals surface area contributed by atoms with Gasteiger partial charge in [-0.3, -0.25) is 0 Å². The topological polar surface area (TPSA) is 41.0 Å². The molecule has 0 spiro atoms. The zero-order chi connectivity index (χ0) is 13.9. The minimum Gasteiger partial charge on any atom is -0.328 e. The minimum atomic E-state index is 0.700. The van der Waals surface area contributed by atoms with Crippen molar-refractivity contribution in [3.8, 4) is 0 Å². The molecule has 0 amide bonds. The highest BCUT2D eigenvalue weighted by molar-refractivity contribution is 5.62. The molecule has 0 bridgehead atoms. The molecule has 1 aliphatic rings. The lowest BCUT2D eigenvalue weighted by atomic mass is 10.2. The van der Waals surface area contributed by atoms with Gasteiger partial charge < -0.3 is 10.2 Å². The van der Waals surface area contributed by atoms with Gasteiger partial charge in [0.15, 0.2) is 5.82 Å². The molecule has 20 heavy (non-hydrogen) atoms. The Morgan fingerprint density at radius 3 is 2.60 bits per heavy atom. The fraction of sp³-hybridized carbons (Fsp3) is 0.375. The monoisotopic (exact) mass is 268 g/mol. The van der Waals surface area contributed by atoms with Gasteiger partial charge in [-0.2, -0.15) is 5.10 Å².